The Labute approximate surface area is 409 Å². The maximum absolute atomic E-state index is 13.8. The number of hydrogen-bond acceptors (Lipinski definition) is 14. The van der Waals surface area contributed by atoms with Crippen molar-refractivity contribution in [1.82, 2.24) is 40.8 Å². The Balaban J connectivity index is 0.881. The monoisotopic (exact) mass is 971 g/mol. The molecule has 0 saturated carbocycles. The summed E-state index contributed by atoms with van der Waals surface area (Å²) in [6.07, 6.45) is -1.000. The number of anilines is 2. The van der Waals surface area contributed by atoms with Gasteiger partial charge in [0.2, 0.25) is 11.8 Å². The molecule has 2 atom stereocenters. The van der Waals surface area contributed by atoms with Crippen LogP contribution in [0, 0.1) is 5.92 Å². The number of alkyl carbamates (subject to hydrolysis) is 2. The predicted molar refractivity (Wildman–Crippen MR) is 262 cm³/mol. The van der Waals surface area contributed by atoms with Crippen molar-refractivity contribution in [3.05, 3.63) is 125 Å². The number of methoxy groups -OCH3 is 1. The van der Waals surface area contributed by atoms with E-state index < -0.39 is 42.1 Å². The molecule has 0 unspecified atom stereocenters. The number of aromatic hydroxyl groups is 1. The summed E-state index contributed by atoms with van der Waals surface area (Å²) in [6, 6.07) is 26.8. The van der Waals surface area contributed by atoms with Gasteiger partial charge in [0.25, 0.3) is 6.01 Å². The molecular weight excluding hydrogens is 915 g/mol. The number of amides is 6. The summed E-state index contributed by atoms with van der Waals surface area (Å²) >= 11 is 0. The van der Waals surface area contributed by atoms with Gasteiger partial charge in [-0.1, -0.05) is 98.8 Å². The molecule has 71 heavy (non-hydrogen) atoms. The number of fused-ring (bicyclic) bond motifs is 4. The molecule has 2 aromatic heterocycles. The molecule has 6 aromatic rings. The third-order valence-electron chi connectivity index (χ3n) is 11.7. The zero-order valence-electron chi connectivity index (χ0n) is 39.5. The maximum atomic E-state index is 13.8. The summed E-state index contributed by atoms with van der Waals surface area (Å²) in [4.78, 5) is 77.2. The van der Waals surface area contributed by atoms with Crippen LogP contribution in [0.2, 0.25) is 0 Å². The number of nitrogens with one attached hydrogen (secondary N) is 5. The minimum Gasteiger partial charge on any atom is -0.480 e. The number of carbonyl (C=O) groups excluding carboxylic acids is 5. The van der Waals surface area contributed by atoms with Gasteiger partial charge in [0.05, 0.1) is 13.2 Å². The number of primary amides is 1. The van der Waals surface area contributed by atoms with Gasteiger partial charge in [0.15, 0.2) is 17.0 Å². The molecule has 4 aromatic carbocycles. The number of hydrogen-bond donors (Lipinski definition) is 8. The van der Waals surface area contributed by atoms with Crippen LogP contribution in [-0.2, 0) is 43.5 Å². The van der Waals surface area contributed by atoms with Crippen molar-refractivity contribution < 1.29 is 48.0 Å². The average molecular weight is 972 g/mol. The molecule has 0 fully saturated rings. The van der Waals surface area contributed by atoms with E-state index in [4.69, 9.17) is 30.4 Å². The lowest BCUT2D eigenvalue weighted by molar-refractivity contribution is -0.128. The van der Waals surface area contributed by atoms with Gasteiger partial charge in [-0.25, -0.2) is 14.4 Å². The number of rotatable bonds is 22. The fourth-order valence-corrected chi connectivity index (χ4v) is 8.00. The standard InChI is InChI=1S/C50H57N11O10/c1-29(2)40(58-50(67)71-28-38-36-11-6-4-9-34(36)35-10-5-7-12-37(35)38)45(63)56-39(13-8-22-53-46(52)64)44(62)55-33-20-18-32(19-21-33)27-70-49(66)54-25-30-14-16-31(17-15-30)26-61-43-41(57-48(61)65)42(51)59-47(60-43)69-24-23-68-3/h4-7,9-12,14-21,29,38-40H,8,13,22-28H2,1-3H3,(H,54,66)(H,55,62)(H,56,63)(H,57,65)(H,58,67)(H2,51,59,60)(H3,52,53,64)/t39-,40-/m0/s1. The molecule has 372 valence electrons. The Morgan fingerprint density at radius 1 is 0.761 bits per heavy atom. The number of benzene rings is 4. The van der Waals surface area contributed by atoms with Gasteiger partial charge < -0.3 is 62.1 Å². The van der Waals surface area contributed by atoms with E-state index in [1.807, 2.05) is 72.8 Å². The highest BCUT2D eigenvalue weighted by molar-refractivity contribution is 5.98. The van der Waals surface area contributed by atoms with Gasteiger partial charge >= 0.3 is 24.2 Å². The fraction of sp³-hybridized carbons (Fsp3) is 0.320. The summed E-state index contributed by atoms with van der Waals surface area (Å²) in [6.45, 7) is 4.61. The van der Waals surface area contributed by atoms with Crippen LogP contribution in [0.4, 0.5) is 25.9 Å². The Kier molecular flexibility index (Phi) is 16.8. The quantitative estimate of drug-likeness (QED) is 0.0413. The van der Waals surface area contributed by atoms with Crippen molar-refractivity contribution >= 4 is 52.7 Å². The molecule has 0 radical (unpaired) electrons. The first-order valence-corrected chi connectivity index (χ1v) is 23.0. The second kappa shape index (κ2) is 23.7. The van der Waals surface area contributed by atoms with Crippen LogP contribution in [0.3, 0.4) is 0 Å². The normalized spacial score (nSPS) is 12.6. The predicted octanol–water partition coefficient (Wildman–Crippen LogP) is 5.05. The minimum atomic E-state index is -1.06. The van der Waals surface area contributed by atoms with Crippen LogP contribution in [0.1, 0.15) is 60.4 Å². The lowest BCUT2D eigenvalue weighted by Crippen LogP contribution is -2.54. The summed E-state index contributed by atoms with van der Waals surface area (Å²) in [5.41, 5.74) is 18.7. The Morgan fingerprint density at radius 3 is 2.08 bits per heavy atom. The second-order valence-electron chi connectivity index (χ2n) is 17.0. The van der Waals surface area contributed by atoms with Crippen LogP contribution < -0.4 is 42.8 Å². The number of imidazole rings is 1. The van der Waals surface area contributed by atoms with E-state index in [-0.39, 0.29) is 81.1 Å². The van der Waals surface area contributed by atoms with Crippen molar-refractivity contribution in [3.63, 3.8) is 0 Å². The van der Waals surface area contributed by atoms with Gasteiger partial charge in [-0.05, 0) is 69.8 Å². The molecule has 0 aliphatic heterocycles. The SMILES string of the molecule is COCCOc1nc(N)c2nc(O)n(Cc3ccc(CNC(=O)OCc4ccc(NC(=O)[C@H](CCCNC(N)=O)NC(=O)[C@@H](NC(=O)OCC5c6ccccc6-c6ccccc65)C(C)C)cc4)cc3)c2n1. The van der Waals surface area contributed by atoms with Crippen molar-refractivity contribution in [2.75, 3.05) is 44.5 Å². The third kappa shape index (κ3) is 13.2. The van der Waals surface area contributed by atoms with Crippen molar-refractivity contribution in [2.45, 2.75) is 64.4 Å². The molecule has 10 N–H and O–H groups in total. The molecular formula is C50H57N11O10. The molecule has 6 amide bonds. The van der Waals surface area contributed by atoms with Crippen LogP contribution in [0.15, 0.2) is 97.1 Å². The van der Waals surface area contributed by atoms with Crippen LogP contribution >= 0.6 is 0 Å². The molecule has 21 heteroatoms. The van der Waals surface area contributed by atoms with E-state index in [1.165, 1.54) is 4.57 Å². The third-order valence-corrected chi connectivity index (χ3v) is 11.7. The Hall–Kier alpha value is -8.46. The van der Waals surface area contributed by atoms with E-state index in [2.05, 4.69) is 41.5 Å². The van der Waals surface area contributed by atoms with E-state index in [1.54, 1.807) is 45.2 Å². The summed E-state index contributed by atoms with van der Waals surface area (Å²) in [7, 11) is 1.54. The molecule has 2 heterocycles. The maximum Gasteiger partial charge on any atom is 0.407 e. The average Bonchev–Trinajstić information content (AvgIpc) is 3.85. The first-order chi connectivity index (χ1) is 34.3. The molecule has 7 rings (SSSR count). The van der Waals surface area contributed by atoms with Gasteiger partial charge in [0.1, 0.15) is 31.9 Å². The van der Waals surface area contributed by atoms with Gasteiger partial charge in [-0.15, -0.1) is 0 Å². The zero-order chi connectivity index (χ0) is 50.4. The van der Waals surface area contributed by atoms with Crippen LogP contribution in [0.25, 0.3) is 22.3 Å². The number of carbonyl (C=O) groups is 5. The van der Waals surface area contributed by atoms with E-state index in [0.29, 0.717) is 29.9 Å². The first kappa shape index (κ1) is 50.4. The molecule has 1 aliphatic rings. The highest BCUT2D eigenvalue weighted by atomic mass is 16.6. The highest BCUT2D eigenvalue weighted by Crippen LogP contribution is 2.44. The van der Waals surface area contributed by atoms with Crippen LogP contribution in [0.5, 0.6) is 12.0 Å². The molecule has 1 aliphatic carbocycles. The molecule has 21 nitrogen and oxygen atoms in total. The second-order valence-corrected chi connectivity index (χ2v) is 17.0. The lowest BCUT2D eigenvalue weighted by atomic mass is 9.98. The summed E-state index contributed by atoms with van der Waals surface area (Å²) in [5.74, 6) is -1.62. The number of urea groups is 1. The van der Waals surface area contributed by atoms with Crippen molar-refractivity contribution in [3.8, 4) is 23.1 Å². The largest absolute Gasteiger partial charge is 0.480 e. The topological polar surface area (TPSA) is 298 Å². The number of nitrogens with two attached hydrogens (primary N) is 2. The fourth-order valence-electron chi connectivity index (χ4n) is 8.00. The Bertz CT molecular complexity index is 2790. The molecule has 0 spiro atoms. The van der Waals surface area contributed by atoms with Crippen LogP contribution in [-0.4, -0.2) is 100 Å². The van der Waals surface area contributed by atoms with Gasteiger partial charge in [-0.2, -0.15) is 15.0 Å². The van der Waals surface area contributed by atoms with E-state index in [0.717, 1.165) is 33.4 Å². The van der Waals surface area contributed by atoms with Gasteiger partial charge in [0, 0.05) is 31.8 Å². The van der Waals surface area contributed by atoms with Crippen molar-refractivity contribution in [2.24, 2.45) is 11.7 Å². The zero-order valence-corrected chi connectivity index (χ0v) is 39.5. The van der Waals surface area contributed by atoms with Crippen molar-refractivity contribution in [1.29, 1.82) is 0 Å². The van der Waals surface area contributed by atoms with E-state index >= 15 is 0 Å². The number of nitrogen functional groups attached to an aromatic ring is 1. The summed E-state index contributed by atoms with van der Waals surface area (Å²) in [5, 5.41) is 24.0. The lowest BCUT2D eigenvalue weighted by Gasteiger charge is -2.25. The van der Waals surface area contributed by atoms with E-state index in [9.17, 15) is 29.1 Å². The number of ether oxygens (including phenoxy) is 4. The number of aromatic nitrogens is 4. The minimum absolute atomic E-state index is 0.0300. The molecule has 0 bridgehead atoms. The number of nitrogens with zero attached hydrogens (tertiary/aromatic N) is 4. The van der Waals surface area contributed by atoms with Gasteiger partial charge in [-0.3, -0.25) is 14.2 Å². The summed E-state index contributed by atoms with van der Waals surface area (Å²) < 4.78 is 23.1. The highest BCUT2D eigenvalue weighted by Gasteiger charge is 2.32. The Morgan fingerprint density at radius 2 is 1.42 bits per heavy atom. The smallest absolute Gasteiger partial charge is 0.407 e. The first-order valence-electron chi connectivity index (χ1n) is 23.0. The molecule has 0 saturated heterocycles.